The minimum absolute atomic E-state index is 0.0287. The number of amides is 2. The Morgan fingerprint density at radius 3 is 2.59 bits per heavy atom. The van der Waals surface area contributed by atoms with E-state index in [2.05, 4.69) is 10.3 Å². The van der Waals surface area contributed by atoms with Crippen molar-refractivity contribution in [3.63, 3.8) is 0 Å². The summed E-state index contributed by atoms with van der Waals surface area (Å²) in [5.41, 5.74) is 1.58. The van der Waals surface area contributed by atoms with Gasteiger partial charge in [-0.25, -0.2) is 4.98 Å². The van der Waals surface area contributed by atoms with Crippen LogP contribution < -0.4 is 10.1 Å². The van der Waals surface area contributed by atoms with Gasteiger partial charge in [-0.2, -0.15) is 0 Å². The predicted molar refractivity (Wildman–Crippen MR) is 121 cm³/mol. The van der Waals surface area contributed by atoms with Crippen molar-refractivity contribution >= 4 is 11.8 Å². The molecule has 1 aromatic heterocycles. The van der Waals surface area contributed by atoms with Crippen LogP contribution in [0.5, 0.6) is 5.88 Å². The predicted octanol–water partition coefficient (Wildman–Crippen LogP) is 3.96. The number of fused-ring (bicyclic) bond motifs is 1. The zero-order valence-corrected chi connectivity index (χ0v) is 18.4. The van der Waals surface area contributed by atoms with Gasteiger partial charge in [0.2, 0.25) is 11.8 Å². The number of aromatic nitrogens is 1. The topological polar surface area (TPSA) is 71.5 Å². The fraction of sp³-hybridized carbons (Fsp3) is 0.500. The fourth-order valence-electron chi connectivity index (χ4n) is 5.11. The molecule has 2 saturated carbocycles. The molecule has 6 heteroatoms. The summed E-state index contributed by atoms with van der Waals surface area (Å²) < 4.78 is 5.69. The standard InChI is InChI=1S/C26H31N3O3/c30-25(28-16-19-12-13-24(27-15-19)32-17-18-10-11-18)23-14-21-8-4-5-9-22(21)29(23)26(31)20-6-2-1-3-7-20/h1-3,6-7,12-13,15,18,21-23H,4-5,8-11,14,16-17H2,(H,28,30). The average Bonchev–Trinajstić information content (AvgIpc) is 3.59. The molecule has 5 rings (SSSR count). The SMILES string of the molecule is O=C(NCc1ccc(OCC2CC2)nc1)C1CC2CCCCC2N1C(=O)c1ccccc1. The Kier molecular flexibility index (Phi) is 6.10. The smallest absolute Gasteiger partial charge is 0.254 e. The lowest BCUT2D eigenvalue weighted by molar-refractivity contribution is -0.125. The average molecular weight is 434 g/mol. The molecule has 2 amide bonds. The number of benzene rings is 1. The highest BCUT2D eigenvalue weighted by atomic mass is 16.5. The maximum atomic E-state index is 13.4. The number of carbonyl (C=O) groups excluding carboxylic acids is 2. The Labute approximate surface area is 189 Å². The highest BCUT2D eigenvalue weighted by Crippen LogP contribution is 2.40. The van der Waals surface area contributed by atoms with Crippen LogP contribution in [0.25, 0.3) is 0 Å². The summed E-state index contributed by atoms with van der Waals surface area (Å²) in [5, 5.41) is 3.05. The van der Waals surface area contributed by atoms with Crippen molar-refractivity contribution in [2.24, 2.45) is 11.8 Å². The number of pyridine rings is 1. The van der Waals surface area contributed by atoms with Crippen LogP contribution in [0.1, 0.15) is 60.9 Å². The van der Waals surface area contributed by atoms with Gasteiger partial charge in [-0.1, -0.05) is 37.1 Å². The van der Waals surface area contributed by atoms with Gasteiger partial charge >= 0.3 is 0 Å². The molecule has 0 spiro atoms. The van der Waals surface area contributed by atoms with Crippen LogP contribution in [-0.2, 0) is 11.3 Å². The number of ether oxygens (including phenoxy) is 1. The van der Waals surface area contributed by atoms with Crippen LogP contribution in [0.4, 0.5) is 0 Å². The lowest BCUT2D eigenvalue weighted by Gasteiger charge is -2.33. The monoisotopic (exact) mass is 433 g/mol. The molecule has 168 valence electrons. The lowest BCUT2D eigenvalue weighted by Crippen LogP contribution is -2.49. The van der Waals surface area contributed by atoms with Crippen molar-refractivity contribution < 1.29 is 14.3 Å². The minimum Gasteiger partial charge on any atom is -0.477 e. The van der Waals surface area contributed by atoms with E-state index in [0.29, 0.717) is 29.8 Å². The molecule has 1 saturated heterocycles. The zero-order valence-electron chi connectivity index (χ0n) is 18.4. The molecule has 3 aliphatic rings. The third-order valence-electron chi connectivity index (χ3n) is 7.07. The van der Waals surface area contributed by atoms with Gasteiger partial charge in [0.1, 0.15) is 6.04 Å². The third-order valence-corrected chi connectivity index (χ3v) is 7.07. The summed E-state index contributed by atoms with van der Waals surface area (Å²) in [7, 11) is 0. The quantitative estimate of drug-likeness (QED) is 0.717. The maximum absolute atomic E-state index is 13.4. The van der Waals surface area contributed by atoms with Crippen molar-refractivity contribution in [1.82, 2.24) is 15.2 Å². The van der Waals surface area contributed by atoms with Crippen LogP contribution >= 0.6 is 0 Å². The molecular weight excluding hydrogens is 402 g/mol. The van der Waals surface area contributed by atoms with Crippen molar-refractivity contribution in [3.05, 3.63) is 59.8 Å². The highest BCUT2D eigenvalue weighted by Gasteiger charge is 2.47. The molecule has 2 aromatic rings. The Balaban J connectivity index is 1.24. The summed E-state index contributed by atoms with van der Waals surface area (Å²) in [4.78, 5) is 32.8. The van der Waals surface area contributed by atoms with Gasteiger partial charge in [0.15, 0.2) is 0 Å². The molecule has 2 aliphatic carbocycles. The third kappa shape index (κ3) is 4.64. The number of likely N-dealkylation sites (tertiary alicyclic amines) is 1. The van der Waals surface area contributed by atoms with Gasteiger partial charge in [-0.3, -0.25) is 9.59 Å². The summed E-state index contributed by atoms with van der Waals surface area (Å²) >= 11 is 0. The van der Waals surface area contributed by atoms with Crippen LogP contribution in [-0.4, -0.2) is 40.4 Å². The first kappa shape index (κ1) is 21.0. The van der Waals surface area contributed by atoms with E-state index in [0.717, 1.165) is 37.9 Å². The highest BCUT2D eigenvalue weighted by molar-refractivity contribution is 5.98. The minimum atomic E-state index is -0.412. The van der Waals surface area contributed by atoms with Crippen molar-refractivity contribution in [2.45, 2.75) is 63.6 Å². The molecule has 0 radical (unpaired) electrons. The van der Waals surface area contributed by atoms with E-state index in [1.165, 1.54) is 19.3 Å². The van der Waals surface area contributed by atoms with Crippen molar-refractivity contribution in [2.75, 3.05) is 6.61 Å². The van der Waals surface area contributed by atoms with E-state index in [1.807, 2.05) is 47.4 Å². The first-order valence-corrected chi connectivity index (χ1v) is 11.9. The molecular formula is C26H31N3O3. The molecule has 6 nitrogen and oxygen atoms in total. The second-order valence-electron chi connectivity index (χ2n) is 9.42. The number of nitrogens with zero attached hydrogens (tertiary/aromatic N) is 2. The summed E-state index contributed by atoms with van der Waals surface area (Å²) in [6.07, 6.45) is 9.38. The van der Waals surface area contributed by atoms with Gasteiger partial charge in [0, 0.05) is 30.4 Å². The lowest BCUT2D eigenvalue weighted by atomic mass is 9.84. The largest absolute Gasteiger partial charge is 0.477 e. The number of nitrogens with one attached hydrogen (secondary N) is 1. The Hall–Kier alpha value is -2.89. The molecule has 1 aliphatic heterocycles. The zero-order chi connectivity index (χ0) is 21.9. The van der Waals surface area contributed by atoms with Crippen LogP contribution in [0.15, 0.2) is 48.7 Å². The van der Waals surface area contributed by atoms with E-state index in [1.54, 1.807) is 6.20 Å². The molecule has 1 aromatic carbocycles. The number of hydrogen-bond acceptors (Lipinski definition) is 4. The molecule has 1 N–H and O–H groups in total. The molecule has 3 atom stereocenters. The van der Waals surface area contributed by atoms with Crippen LogP contribution in [0, 0.1) is 11.8 Å². The molecule has 0 bridgehead atoms. The molecule has 3 fully saturated rings. The Morgan fingerprint density at radius 2 is 1.84 bits per heavy atom. The first-order valence-electron chi connectivity index (χ1n) is 11.9. The van der Waals surface area contributed by atoms with Crippen molar-refractivity contribution in [3.8, 4) is 5.88 Å². The number of carbonyl (C=O) groups is 2. The Bertz CT molecular complexity index is 943. The number of hydrogen-bond donors (Lipinski definition) is 1. The normalized spacial score (nSPS) is 24.6. The van der Waals surface area contributed by atoms with E-state index >= 15 is 0 Å². The molecule has 2 heterocycles. The van der Waals surface area contributed by atoms with E-state index in [4.69, 9.17) is 4.74 Å². The Morgan fingerprint density at radius 1 is 1.03 bits per heavy atom. The first-order chi connectivity index (χ1) is 15.7. The van der Waals surface area contributed by atoms with E-state index < -0.39 is 6.04 Å². The molecule has 32 heavy (non-hydrogen) atoms. The summed E-state index contributed by atoms with van der Waals surface area (Å²) in [6.45, 7) is 1.13. The van der Waals surface area contributed by atoms with E-state index in [9.17, 15) is 9.59 Å². The van der Waals surface area contributed by atoms with Crippen LogP contribution in [0.3, 0.4) is 0 Å². The van der Waals surface area contributed by atoms with Crippen molar-refractivity contribution in [1.29, 1.82) is 0 Å². The van der Waals surface area contributed by atoms with Gasteiger partial charge in [-0.15, -0.1) is 0 Å². The van der Waals surface area contributed by atoms with Gasteiger partial charge < -0.3 is 15.0 Å². The summed E-state index contributed by atoms with van der Waals surface area (Å²) in [6, 6.07) is 12.9. The second kappa shape index (κ2) is 9.31. The van der Waals surface area contributed by atoms with Gasteiger partial charge in [0.25, 0.3) is 5.91 Å². The van der Waals surface area contributed by atoms with Gasteiger partial charge in [-0.05, 0) is 61.6 Å². The summed E-state index contributed by atoms with van der Waals surface area (Å²) in [5.74, 6) is 1.63. The van der Waals surface area contributed by atoms with Crippen LogP contribution in [0.2, 0.25) is 0 Å². The number of rotatable bonds is 7. The molecule has 3 unspecified atom stereocenters. The van der Waals surface area contributed by atoms with Gasteiger partial charge in [0.05, 0.1) is 6.61 Å². The fourth-order valence-corrected chi connectivity index (χ4v) is 5.11. The maximum Gasteiger partial charge on any atom is 0.254 e. The second-order valence-corrected chi connectivity index (χ2v) is 9.42. The van der Waals surface area contributed by atoms with E-state index in [-0.39, 0.29) is 17.9 Å².